The topological polar surface area (TPSA) is 74.1 Å². The molecule has 1 aliphatic rings. The van der Waals surface area contributed by atoms with E-state index in [0.717, 1.165) is 57.0 Å². The minimum Gasteiger partial charge on any atom is -0.496 e. The molecule has 0 spiro atoms. The molecule has 2 aromatic carbocycles. The Morgan fingerprint density at radius 1 is 1.14 bits per heavy atom. The molecular weight excluding hydrogens is 360 g/mol. The van der Waals surface area contributed by atoms with Gasteiger partial charge in [-0.1, -0.05) is 18.2 Å². The van der Waals surface area contributed by atoms with Crippen molar-refractivity contribution in [3.63, 3.8) is 0 Å². The molecule has 1 saturated heterocycles. The van der Waals surface area contributed by atoms with Gasteiger partial charge in [-0.2, -0.15) is 0 Å². The van der Waals surface area contributed by atoms with Crippen molar-refractivity contribution in [2.24, 2.45) is 0 Å². The smallest absolute Gasteiger partial charge is 0.310 e. The Morgan fingerprint density at radius 2 is 1.93 bits per heavy atom. The molecule has 3 rings (SSSR count). The molecule has 150 valence electrons. The SMILES string of the molecule is COc1ccc(CCCN2CCOCC2)cc1COc1ccccc1[N+](=O)[O-]. The van der Waals surface area contributed by atoms with Crippen LogP contribution in [-0.4, -0.2) is 49.8 Å². The van der Waals surface area contributed by atoms with Crippen LogP contribution in [0, 0.1) is 10.1 Å². The largest absolute Gasteiger partial charge is 0.496 e. The summed E-state index contributed by atoms with van der Waals surface area (Å²) >= 11 is 0. The lowest BCUT2D eigenvalue weighted by atomic mass is 10.1. The average Bonchev–Trinajstić information content (AvgIpc) is 2.73. The van der Waals surface area contributed by atoms with Gasteiger partial charge in [-0.3, -0.25) is 15.0 Å². The van der Waals surface area contributed by atoms with Gasteiger partial charge < -0.3 is 14.2 Å². The normalized spacial score (nSPS) is 14.6. The van der Waals surface area contributed by atoms with Crippen LogP contribution in [0.5, 0.6) is 11.5 Å². The highest BCUT2D eigenvalue weighted by atomic mass is 16.6. The molecule has 0 bridgehead atoms. The van der Waals surface area contributed by atoms with Gasteiger partial charge in [0.2, 0.25) is 0 Å². The first-order valence-electron chi connectivity index (χ1n) is 9.49. The monoisotopic (exact) mass is 386 g/mol. The van der Waals surface area contributed by atoms with E-state index in [2.05, 4.69) is 17.0 Å². The van der Waals surface area contributed by atoms with Crippen molar-refractivity contribution in [2.75, 3.05) is 40.0 Å². The lowest BCUT2D eigenvalue weighted by Gasteiger charge is -2.26. The molecule has 0 aromatic heterocycles. The minimum atomic E-state index is -0.436. The van der Waals surface area contributed by atoms with Gasteiger partial charge in [-0.15, -0.1) is 0 Å². The molecule has 0 radical (unpaired) electrons. The summed E-state index contributed by atoms with van der Waals surface area (Å²) in [5.41, 5.74) is 2.04. The van der Waals surface area contributed by atoms with Crippen LogP contribution in [0.15, 0.2) is 42.5 Å². The van der Waals surface area contributed by atoms with E-state index in [0.29, 0.717) is 0 Å². The summed E-state index contributed by atoms with van der Waals surface area (Å²) in [5, 5.41) is 11.1. The first kappa shape index (κ1) is 20.1. The fourth-order valence-electron chi connectivity index (χ4n) is 3.32. The van der Waals surface area contributed by atoms with Crippen LogP contribution in [0.25, 0.3) is 0 Å². The van der Waals surface area contributed by atoms with E-state index in [1.807, 2.05) is 6.07 Å². The summed E-state index contributed by atoms with van der Waals surface area (Å²) in [7, 11) is 1.61. The number of hydrogen-bond donors (Lipinski definition) is 0. The summed E-state index contributed by atoms with van der Waals surface area (Å²) < 4.78 is 16.5. The highest BCUT2D eigenvalue weighted by Crippen LogP contribution is 2.28. The van der Waals surface area contributed by atoms with E-state index in [1.54, 1.807) is 25.3 Å². The number of morpholine rings is 1. The number of methoxy groups -OCH3 is 1. The average molecular weight is 386 g/mol. The van der Waals surface area contributed by atoms with Gasteiger partial charge >= 0.3 is 5.69 Å². The van der Waals surface area contributed by atoms with Crippen LogP contribution in [-0.2, 0) is 17.8 Å². The molecule has 7 nitrogen and oxygen atoms in total. The first-order valence-corrected chi connectivity index (χ1v) is 9.49. The van der Waals surface area contributed by atoms with Crippen LogP contribution in [0.3, 0.4) is 0 Å². The lowest BCUT2D eigenvalue weighted by Crippen LogP contribution is -2.36. The zero-order valence-corrected chi connectivity index (χ0v) is 16.1. The highest BCUT2D eigenvalue weighted by molar-refractivity contribution is 5.46. The van der Waals surface area contributed by atoms with Crippen molar-refractivity contribution in [3.05, 3.63) is 63.7 Å². The molecule has 2 aromatic rings. The molecule has 0 saturated carbocycles. The second kappa shape index (κ2) is 10.1. The van der Waals surface area contributed by atoms with Crippen LogP contribution in [0.2, 0.25) is 0 Å². The molecule has 0 atom stereocenters. The van der Waals surface area contributed by atoms with Crippen LogP contribution >= 0.6 is 0 Å². The van der Waals surface area contributed by atoms with Crippen LogP contribution < -0.4 is 9.47 Å². The molecular formula is C21H26N2O5. The Bertz CT molecular complexity index is 790. The summed E-state index contributed by atoms with van der Waals surface area (Å²) in [4.78, 5) is 13.1. The van der Waals surface area contributed by atoms with E-state index in [9.17, 15) is 10.1 Å². The Hall–Kier alpha value is -2.64. The van der Waals surface area contributed by atoms with Gasteiger partial charge in [0, 0.05) is 24.7 Å². The molecule has 1 aliphatic heterocycles. The van der Waals surface area contributed by atoms with E-state index in [-0.39, 0.29) is 18.0 Å². The van der Waals surface area contributed by atoms with Gasteiger partial charge in [0.15, 0.2) is 5.75 Å². The second-order valence-corrected chi connectivity index (χ2v) is 6.72. The fraction of sp³-hybridized carbons (Fsp3) is 0.429. The molecule has 0 aliphatic carbocycles. The van der Waals surface area contributed by atoms with Crippen LogP contribution in [0.4, 0.5) is 5.69 Å². The molecule has 0 amide bonds. The van der Waals surface area contributed by atoms with Crippen molar-refractivity contribution >= 4 is 5.69 Å². The number of ether oxygens (including phenoxy) is 3. The van der Waals surface area contributed by atoms with Crippen molar-refractivity contribution < 1.29 is 19.1 Å². The van der Waals surface area contributed by atoms with Crippen molar-refractivity contribution in [3.8, 4) is 11.5 Å². The molecule has 7 heteroatoms. The van der Waals surface area contributed by atoms with E-state index in [4.69, 9.17) is 14.2 Å². The minimum absolute atomic E-state index is 0.0388. The standard InChI is InChI=1S/C21H26N2O5/c1-26-20-9-8-17(5-4-10-22-11-13-27-14-12-22)15-18(20)16-28-21-7-3-2-6-19(21)23(24)25/h2-3,6-9,15H,4-5,10-14,16H2,1H3. The number of nitro benzene ring substituents is 1. The number of nitro groups is 1. The van der Waals surface area contributed by atoms with Gasteiger partial charge in [0.1, 0.15) is 12.4 Å². The Balaban J connectivity index is 1.61. The van der Waals surface area contributed by atoms with Crippen molar-refractivity contribution in [1.82, 2.24) is 4.90 Å². The van der Waals surface area contributed by atoms with Gasteiger partial charge in [0.05, 0.1) is 25.2 Å². The summed E-state index contributed by atoms with van der Waals surface area (Å²) in [6.45, 7) is 4.89. The van der Waals surface area contributed by atoms with Crippen molar-refractivity contribution in [2.45, 2.75) is 19.4 Å². The van der Waals surface area contributed by atoms with Gasteiger partial charge in [-0.05, 0) is 43.1 Å². The second-order valence-electron chi connectivity index (χ2n) is 6.72. The summed E-state index contributed by atoms with van der Waals surface area (Å²) in [6.07, 6.45) is 2.02. The van der Waals surface area contributed by atoms with Gasteiger partial charge in [-0.25, -0.2) is 0 Å². The quantitative estimate of drug-likeness (QED) is 0.485. The Kier molecular flexibility index (Phi) is 7.22. The van der Waals surface area contributed by atoms with Crippen LogP contribution in [0.1, 0.15) is 17.5 Å². The van der Waals surface area contributed by atoms with E-state index >= 15 is 0 Å². The number of benzene rings is 2. The third kappa shape index (κ3) is 5.43. The van der Waals surface area contributed by atoms with E-state index < -0.39 is 4.92 Å². The number of aryl methyl sites for hydroxylation is 1. The van der Waals surface area contributed by atoms with Crippen molar-refractivity contribution in [1.29, 1.82) is 0 Å². The zero-order valence-electron chi connectivity index (χ0n) is 16.1. The maximum absolute atomic E-state index is 11.1. The highest BCUT2D eigenvalue weighted by Gasteiger charge is 2.15. The summed E-state index contributed by atoms with van der Waals surface area (Å²) in [5.74, 6) is 0.975. The molecule has 1 fully saturated rings. The number of nitrogens with zero attached hydrogens (tertiary/aromatic N) is 2. The fourth-order valence-corrected chi connectivity index (χ4v) is 3.32. The lowest BCUT2D eigenvalue weighted by molar-refractivity contribution is -0.385. The zero-order chi connectivity index (χ0) is 19.8. The number of para-hydroxylation sites is 2. The Labute approximate surface area is 165 Å². The first-order chi connectivity index (χ1) is 13.7. The molecule has 28 heavy (non-hydrogen) atoms. The van der Waals surface area contributed by atoms with Gasteiger partial charge in [0.25, 0.3) is 0 Å². The maximum Gasteiger partial charge on any atom is 0.310 e. The third-order valence-electron chi connectivity index (χ3n) is 4.83. The number of rotatable bonds is 9. The number of hydrogen-bond acceptors (Lipinski definition) is 6. The maximum atomic E-state index is 11.1. The molecule has 0 N–H and O–H groups in total. The molecule has 1 heterocycles. The predicted octanol–water partition coefficient (Wildman–Crippen LogP) is 3.45. The third-order valence-corrected chi connectivity index (χ3v) is 4.83. The van der Waals surface area contributed by atoms with E-state index in [1.165, 1.54) is 11.6 Å². The predicted molar refractivity (Wildman–Crippen MR) is 106 cm³/mol. The Morgan fingerprint density at radius 3 is 2.68 bits per heavy atom. The molecule has 0 unspecified atom stereocenters. The summed E-state index contributed by atoms with van der Waals surface area (Å²) in [6, 6.07) is 12.5.